The fourth-order valence-corrected chi connectivity index (χ4v) is 1.61. The molecule has 1 aromatic heterocycles. The fraction of sp³-hybridized carbons (Fsp3) is 0.0833. The van der Waals surface area contributed by atoms with Gasteiger partial charge in [0.15, 0.2) is 0 Å². The summed E-state index contributed by atoms with van der Waals surface area (Å²) in [6.45, 7) is 0.513. The molecule has 0 aliphatic heterocycles. The van der Waals surface area contributed by atoms with Crippen LogP contribution in [-0.4, -0.2) is 14.5 Å². The van der Waals surface area contributed by atoms with Crippen molar-refractivity contribution in [3.63, 3.8) is 0 Å². The fourth-order valence-electron chi connectivity index (χ4n) is 1.48. The first-order chi connectivity index (χ1) is 8.16. The molecule has 5 heteroatoms. The second-order valence-electron chi connectivity index (χ2n) is 3.60. The number of rotatable bonds is 3. The highest BCUT2D eigenvalue weighted by molar-refractivity contribution is 7.80. The van der Waals surface area contributed by atoms with Crippen LogP contribution < -0.4 is 11.3 Å². The van der Waals surface area contributed by atoms with Crippen molar-refractivity contribution < 1.29 is 0 Å². The van der Waals surface area contributed by atoms with E-state index in [2.05, 4.69) is 4.98 Å². The molecule has 0 spiro atoms. The molecule has 0 fully saturated rings. The summed E-state index contributed by atoms with van der Waals surface area (Å²) in [5.74, 6) is 0. The second-order valence-corrected chi connectivity index (χ2v) is 4.04. The van der Waals surface area contributed by atoms with E-state index in [0.29, 0.717) is 11.5 Å². The number of nitrogens with zero attached hydrogens (tertiary/aromatic N) is 2. The highest BCUT2D eigenvalue weighted by Gasteiger charge is 1.99. The number of benzene rings is 1. The number of aromatic nitrogens is 2. The van der Waals surface area contributed by atoms with Crippen LogP contribution >= 0.6 is 12.2 Å². The minimum atomic E-state index is -0.120. The quantitative estimate of drug-likeness (QED) is 0.817. The van der Waals surface area contributed by atoms with E-state index in [1.54, 1.807) is 17.0 Å². The molecule has 4 nitrogen and oxygen atoms in total. The third-order valence-corrected chi connectivity index (χ3v) is 2.63. The van der Waals surface area contributed by atoms with Crippen molar-refractivity contribution in [2.75, 3.05) is 0 Å². The Hall–Kier alpha value is -2.01. The van der Waals surface area contributed by atoms with Gasteiger partial charge in [-0.3, -0.25) is 9.78 Å². The molecular formula is C12H11N3OS. The van der Waals surface area contributed by atoms with Crippen molar-refractivity contribution in [3.05, 3.63) is 64.3 Å². The van der Waals surface area contributed by atoms with Gasteiger partial charge in [0, 0.05) is 18.0 Å². The average molecular weight is 245 g/mol. The van der Waals surface area contributed by atoms with Crippen molar-refractivity contribution in [3.8, 4) is 0 Å². The van der Waals surface area contributed by atoms with Crippen LogP contribution in [0.15, 0.2) is 47.7 Å². The van der Waals surface area contributed by atoms with Crippen LogP contribution in [0.3, 0.4) is 0 Å². The van der Waals surface area contributed by atoms with Crippen LogP contribution in [0.25, 0.3) is 0 Å². The normalized spacial score (nSPS) is 10.1. The van der Waals surface area contributed by atoms with Gasteiger partial charge in [0.05, 0.1) is 12.7 Å². The van der Waals surface area contributed by atoms with Gasteiger partial charge in [0.2, 0.25) is 0 Å². The van der Waals surface area contributed by atoms with Crippen LogP contribution in [0.1, 0.15) is 11.1 Å². The second kappa shape index (κ2) is 4.88. The largest absolute Gasteiger partial charge is 0.389 e. The summed E-state index contributed by atoms with van der Waals surface area (Å²) in [6.07, 6.45) is 4.54. The van der Waals surface area contributed by atoms with Gasteiger partial charge in [-0.2, -0.15) is 0 Å². The molecule has 0 atom stereocenters. The van der Waals surface area contributed by atoms with Gasteiger partial charge in [-0.25, -0.2) is 0 Å². The lowest BCUT2D eigenvalue weighted by Crippen LogP contribution is -2.19. The zero-order valence-electron chi connectivity index (χ0n) is 9.04. The molecular weight excluding hydrogens is 234 g/mol. The smallest absolute Gasteiger partial charge is 0.269 e. The predicted molar refractivity (Wildman–Crippen MR) is 69.9 cm³/mol. The Morgan fingerprint density at radius 3 is 2.65 bits per heavy atom. The van der Waals surface area contributed by atoms with E-state index in [4.69, 9.17) is 18.0 Å². The third kappa shape index (κ3) is 2.76. The third-order valence-electron chi connectivity index (χ3n) is 2.39. The van der Waals surface area contributed by atoms with Crippen molar-refractivity contribution in [1.29, 1.82) is 0 Å². The molecule has 86 valence electrons. The molecule has 0 unspecified atom stereocenters. The Kier molecular flexibility index (Phi) is 3.30. The SMILES string of the molecule is NC(=S)c1ccc(Cn2ccncc2=O)cc1. The zero-order valence-corrected chi connectivity index (χ0v) is 9.85. The first-order valence-electron chi connectivity index (χ1n) is 5.06. The van der Waals surface area contributed by atoms with E-state index in [0.717, 1.165) is 11.1 Å². The van der Waals surface area contributed by atoms with Gasteiger partial charge >= 0.3 is 0 Å². The predicted octanol–water partition coefficient (Wildman–Crippen LogP) is 0.926. The Bertz CT molecular complexity index is 589. The summed E-state index contributed by atoms with van der Waals surface area (Å²) in [7, 11) is 0. The molecule has 0 saturated carbocycles. The molecule has 0 aliphatic rings. The Morgan fingerprint density at radius 1 is 1.35 bits per heavy atom. The summed E-state index contributed by atoms with van der Waals surface area (Å²) >= 11 is 4.87. The highest BCUT2D eigenvalue weighted by atomic mass is 32.1. The molecule has 0 aliphatic carbocycles. The van der Waals surface area contributed by atoms with Gasteiger partial charge in [0.25, 0.3) is 5.56 Å². The number of hydrogen-bond acceptors (Lipinski definition) is 3. The van der Waals surface area contributed by atoms with E-state index < -0.39 is 0 Å². The van der Waals surface area contributed by atoms with Gasteiger partial charge in [0.1, 0.15) is 4.99 Å². The molecule has 0 saturated heterocycles. The van der Waals surface area contributed by atoms with Crippen molar-refractivity contribution in [1.82, 2.24) is 9.55 Å². The molecule has 1 aromatic carbocycles. The maximum Gasteiger partial charge on any atom is 0.269 e. The number of hydrogen-bond donors (Lipinski definition) is 1. The standard InChI is InChI=1S/C12H11N3OS/c13-12(17)10-3-1-9(2-4-10)8-15-6-5-14-7-11(15)16/h1-7H,8H2,(H2,13,17). The van der Waals surface area contributed by atoms with E-state index in [-0.39, 0.29) is 5.56 Å². The Labute approximate surface area is 104 Å². The lowest BCUT2D eigenvalue weighted by molar-refractivity contribution is 0.748. The molecule has 2 aromatic rings. The molecule has 1 heterocycles. The zero-order chi connectivity index (χ0) is 12.3. The molecule has 17 heavy (non-hydrogen) atoms. The summed E-state index contributed by atoms with van der Waals surface area (Å²) in [5, 5.41) is 0. The maximum atomic E-state index is 11.5. The minimum absolute atomic E-state index is 0.120. The summed E-state index contributed by atoms with van der Waals surface area (Å²) in [5.41, 5.74) is 7.23. The molecule has 0 bridgehead atoms. The first-order valence-corrected chi connectivity index (χ1v) is 5.47. The topological polar surface area (TPSA) is 60.9 Å². The molecule has 0 amide bonds. The first kappa shape index (κ1) is 11.5. The highest BCUT2D eigenvalue weighted by Crippen LogP contribution is 2.05. The molecule has 2 N–H and O–H groups in total. The van der Waals surface area contributed by atoms with Crippen molar-refractivity contribution >= 4 is 17.2 Å². The van der Waals surface area contributed by atoms with Gasteiger partial charge in [-0.15, -0.1) is 0 Å². The number of nitrogens with two attached hydrogens (primary N) is 1. The van der Waals surface area contributed by atoms with Gasteiger partial charge in [-0.05, 0) is 5.56 Å². The van der Waals surface area contributed by atoms with Crippen molar-refractivity contribution in [2.24, 2.45) is 5.73 Å². The van der Waals surface area contributed by atoms with Crippen LogP contribution in [0, 0.1) is 0 Å². The summed E-state index contributed by atoms with van der Waals surface area (Å²) in [6, 6.07) is 7.51. The van der Waals surface area contributed by atoms with Crippen molar-refractivity contribution in [2.45, 2.75) is 6.54 Å². The summed E-state index contributed by atoms with van der Waals surface area (Å²) in [4.78, 5) is 15.6. The van der Waals surface area contributed by atoms with Crippen LogP contribution in [0.4, 0.5) is 0 Å². The van der Waals surface area contributed by atoms with E-state index in [1.165, 1.54) is 6.20 Å². The lowest BCUT2D eigenvalue weighted by Gasteiger charge is -2.05. The van der Waals surface area contributed by atoms with E-state index in [9.17, 15) is 4.79 Å². The van der Waals surface area contributed by atoms with E-state index >= 15 is 0 Å². The molecule has 2 rings (SSSR count). The van der Waals surface area contributed by atoms with Crippen LogP contribution in [-0.2, 0) is 6.54 Å². The van der Waals surface area contributed by atoms with Gasteiger partial charge < -0.3 is 10.3 Å². The maximum absolute atomic E-state index is 11.5. The number of thiocarbonyl (C=S) groups is 1. The minimum Gasteiger partial charge on any atom is -0.389 e. The average Bonchev–Trinajstić information content (AvgIpc) is 2.33. The molecule has 0 radical (unpaired) electrons. The van der Waals surface area contributed by atoms with Crippen LogP contribution in [0.2, 0.25) is 0 Å². The Balaban J connectivity index is 2.23. The van der Waals surface area contributed by atoms with E-state index in [1.807, 2.05) is 24.3 Å². The van der Waals surface area contributed by atoms with Gasteiger partial charge in [-0.1, -0.05) is 36.5 Å². The Morgan fingerprint density at radius 2 is 2.06 bits per heavy atom. The monoisotopic (exact) mass is 245 g/mol. The lowest BCUT2D eigenvalue weighted by atomic mass is 10.1. The van der Waals surface area contributed by atoms with Crippen LogP contribution in [0.5, 0.6) is 0 Å². The summed E-state index contributed by atoms with van der Waals surface area (Å²) < 4.78 is 1.59.